The molecule has 0 fully saturated rings. The smallest absolute Gasteiger partial charge is 0.262 e. The van der Waals surface area contributed by atoms with Crippen LogP contribution in [-0.4, -0.2) is 27.7 Å². The molecule has 1 N–H and O–H groups in total. The van der Waals surface area contributed by atoms with Gasteiger partial charge in [0.2, 0.25) is 5.91 Å². The lowest BCUT2D eigenvalue weighted by Crippen LogP contribution is -2.34. The van der Waals surface area contributed by atoms with Gasteiger partial charge >= 0.3 is 0 Å². The maximum absolute atomic E-state index is 12.2. The molecule has 0 saturated carbocycles. The first-order valence-electron chi connectivity index (χ1n) is 7.20. The molecule has 0 atom stereocenters. The summed E-state index contributed by atoms with van der Waals surface area (Å²) in [5.41, 5.74) is -0.614. The Morgan fingerprint density at radius 2 is 2.26 bits per heavy atom. The summed E-state index contributed by atoms with van der Waals surface area (Å²) >= 11 is 1.40. The number of fused-ring (bicyclic) bond motifs is 1. The lowest BCUT2D eigenvalue weighted by molar-refractivity contribution is -0.121. The number of carbonyl (C=O) groups is 1. The standard InChI is InChI=1S/C15H15N5O2S/c1-2-3-5-15(18-19-15)6-7-16-12(21)9-20-10-17-13-11(14(20)22)4-8-23-13/h1,4,8,10H,3,5-7,9H2,(H,16,21). The van der Waals surface area contributed by atoms with Crippen molar-refractivity contribution in [2.24, 2.45) is 10.2 Å². The van der Waals surface area contributed by atoms with Gasteiger partial charge in [-0.05, 0) is 11.4 Å². The molecule has 0 radical (unpaired) electrons. The zero-order valence-corrected chi connectivity index (χ0v) is 13.2. The van der Waals surface area contributed by atoms with Crippen LogP contribution in [0.4, 0.5) is 0 Å². The molecule has 1 aliphatic heterocycles. The average Bonchev–Trinajstić information content (AvgIpc) is 3.13. The van der Waals surface area contributed by atoms with Crippen LogP contribution in [0.5, 0.6) is 0 Å². The highest BCUT2D eigenvalue weighted by molar-refractivity contribution is 7.16. The van der Waals surface area contributed by atoms with E-state index >= 15 is 0 Å². The highest BCUT2D eigenvalue weighted by Gasteiger charge is 2.38. The molecular formula is C15H15N5O2S. The van der Waals surface area contributed by atoms with E-state index in [0.29, 0.717) is 36.0 Å². The Labute approximate surface area is 136 Å². The lowest BCUT2D eigenvalue weighted by Gasteiger charge is -2.10. The van der Waals surface area contributed by atoms with Crippen LogP contribution < -0.4 is 10.9 Å². The number of aromatic nitrogens is 2. The number of carbonyl (C=O) groups excluding carboxylic acids is 1. The van der Waals surface area contributed by atoms with Crippen LogP contribution in [0.1, 0.15) is 19.3 Å². The molecule has 8 heteroatoms. The molecule has 0 saturated heterocycles. The number of terminal acetylenes is 1. The van der Waals surface area contributed by atoms with Crippen LogP contribution in [0.3, 0.4) is 0 Å². The molecule has 7 nitrogen and oxygen atoms in total. The van der Waals surface area contributed by atoms with Gasteiger partial charge in [-0.25, -0.2) is 4.98 Å². The van der Waals surface area contributed by atoms with Crippen molar-refractivity contribution in [3.63, 3.8) is 0 Å². The first kappa shape index (κ1) is 15.4. The fraction of sp³-hybridized carbons (Fsp3) is 0.400. The Bertz CT molecular complexity index is 855. The number of nitrogens with zero attached hydrogens (tertiary/aromatic N) is 4. The van der Waals surface area contributed by atoms with Crippen molar-refractivity contribution in [1.82, 2.24) is 14.9 Å². The number of hydrogen-bond acceptors (Lipinski definition) is 6. The quantitative estimate of drug-likeness (QED) is 0.781. The van der Waals surface area contributed by atoms with Crippen molar-refractivity contribution in [2.45, 2.75) is 31.5 Å². The predicted molar refractivity (Wildman–Crippen MR) is 87.2 cm³/mol. The summed E-state index contributed by atoms with van der Waals surface area (Å²) < 4.78 is 1.31. The second kappa shape index (κ2) is 6.30. The second-order valence-electron chi connectivity index (χ2n) is 5.30. The molecule has 23 heavy (non-hydrogen) atoms. The highest BCUT2D eigenvalue weighted by Crippen LogP contribution is 2.35. The van der Waals surface area contributed by atoms with Crippen molar-refractivity contribution in [1.29, 1.82) is 0 Å². The molecule has 3 heterocycles. The monoisotopic (exact) mass is 329 g/mol. The van der Waals surface area contributed by atoms with Crippen LogP contribution in [0.25, 0.3) is 10.2 Å². The number of hydrogen-bond donors (Lipinski definition) is 1. The minimum absolute atomic E-state index is 0.0523. The van der Waals surface area contributed by atoms with Gasteiger partial charge in [0.15, 0.2) is 5.66 Å². The van der Waals surface area contributed by atoms with Crippen LogP contribution in [0.15, 0.2) is 32.8 Å². The molecule has 2 aromatic heterocycles. The Morgan fingerprint density at radius 1 is 1.43 bits per heavy atom. The van der Waals surface area contributed by atoms with Gasteiger partial charge in [-0.3, -0.25) is 14.2 Å². The zero-order chi connectivity index (χ0) is 16.3. The van der Waals surface area contributed by atoms with Crippen LogP contribution in [-0.2, 0) is 11.3 Å². The van der Waals surface area contributed by atoms with E-state index in [2.05, 4.69) is 26.4 Å². The zero-order valence-electron chi connectivity index (χ0n) is 12.4. The van der Waals surface area contributed by atoms with Crippen molar-refractivity contribution in [2.75, 3.05) is 6.54 Å². The van der Waals surface area contributed by atoms with E-state index in [1.807, 2.05) is 5.38 Å². The van der Waals surface area contributed by atoms with Crippen LogP contribution in [0.2, 0.25) is 0 Å². The molecule has 2 aromatic rings. The van der Waals surface area contributed by atoms with E-state index < -0.39 is 5.66 Å². The summed E-state index contributed by atoms with van der Waals surface area (Å²) in [5.74, 6) is 2.32. The van der Waals surface area contributed by atoms with E-state index in [9.17, 15) is 9.59 Å². The fourth-order valence-electron chi connectivity index (χ4n) is 2.29. The van der Waals surface area contributed by atoms with Gasteiger partial charge < -0.3 is 5.32 Å². The number of nitrogens with one attached hydrogen (secondary N) is 1. The van der Waals surface area contributed by atoms with E-state index in [4.69, 9.17) is 6.42 Å². The summed E-state index contributed by atoms with van der Waals surface area (Å²) in [6.07, 6.45) is 8.58. The number of rotatable bonds is 7. The molecule has 1 amide bonds. The van der Waals surface area contributed by atoms with Gasteiger partial charge in [-0.15, -0.1) is 23.7 Å². The molecule has 118 valence electrons. The maximum atomic E-state index is 12.2. The Hall–Kier alpha value is -2.53. The second-order valence-corrected chi connectivity index (χ2v) is 6.20. The maximum Gasteiger partial charge on any atom is 0.262 e. The molecule has 0 bridgehead atoms. The average molecular weight is 329 g/mol. The summed E-state index contributed by atoms with van der Waals surface area (Å²) in [5, 5.41) is 13.1. The Balaban J connectivity index is 1.52. The van der Waals surface area contributed by atoms with Gasteiger partial charge in [0, 0.05) is 25.8 Å². The summed E-state index contributed by atoms with van der Waals surface area (Å²) in [6.45, 7) is 0.391. The molecule has 0 spiro atoms. The molecule has 3 rings (SSSR count). The minimum Gasteiger partial charge on any atom is -0.354 e. The Kier molecular flexibility index (Phi) is 4.21. The molecule has 1 aliphatic rings. The van der Waals surface area contributed by atoms with E-state index in [1.54, 1.807) is 6.07 Å². The van der Waals surface area contributed by atoms with Gasteiger partial charge in [-0.2, -0.15) is 10.2 Å². The van der Waals surface area contributed by atoms with Crippen molar-refractivity contribution < 1.29 is 4.79 Å². The van der Waals surface area contributed by atoms with Gasteiger partial charge in [0.05, 0.1) is 11.7 Å². The first-order valence-corrected chi connectivity index (χ1v) is 8.08. The molecule has 0 aromatic carbocycles. The van der Waals surface area contributed by atoms with Gasteiger partial charge in [-0.1, -0.05) is 0 Å². The SMILES string of the molecule is C#CCCC1(CCNC(=O)Cn2cnc3sccc3c2=O)N=N1. The van der Waals surface area contributed by atoms with Crippen LogP contribution >= 0.6 is 11.3 Å². The van der Waals surface area contributed by atoms with E-state index in [-0.39, 0.29) is 18.0 Å². The first-order chi connectivity index (χ1) is 11.1. The van der Waals surface area contributed by atoms with Crippen molar-refractivity contribution >= 4 is 27.5 Å². The fourth-order valence-corrected chi connectivity index (χ4v) is 3.01. The van der Waals surface area contributed by atoms with E-state index in [0.717, 1.165) is 0 Å². The lowest BCUT2D eigenvalue weighted by atomic mass is 10.0. The predicted octanol–water partition coefficient (Wildman–Crippen LogP) is 1.54. The molecule has 0 unspecified atom stereocenters. The molecule has 0 aliphatic carbocycles. The van der Waals surface area contributed by atoms with Crippen LogP contribution in [0, 0.1) is 12.3 Å². The highest BCUT2D eigenvalue weighted by atomic mass is 32.1. The summed E-state index contributed by atoms with van der Waals surface area (Å²) in [4.78, 5) is 29.0. The number of amides is 1. The largest absolute Gasteiger partial charge is 0.354 e. The van der Waals surface area contributed by atoms with Crippen molar-refractivity contribution in [3.05, 3.63) is 28.1 Å². The summed E-state index contributed by atoms with van der Waals surface area (Å²) in [7, 11) is 0. The van der Waals surface area contributed by atoms with Crippen molar-refractivity contribution in [3.8, 4) is 12.3 Å². The third kappa shape index (κ3) is 3.46. The molecular weight excluding hydrogens is 314 g/mol. The normalized spacial score (nSPS) is 14.6. The van der Waals surface area contributed by atoms with E-state index in [1.165, 1.54) is 22.2 Å². The number of thiophene rings is 1. The third-order valence-electron chi connectivity index (χ3n) is 3.66. The third-order valence-corrected chi connectivity index (χ3v) is 4.49. The van der Waals surface area contributed by atoms with Gasteiger partial charge in [0.25, 0.3) is 5.56 Å². The van der Waals surface area contributed by atoms with Gasteiger partial charge in [0.1, 0.15) is 11.4 Å². The topological polar surface area (TPSA) is 88.7 Å². The minimum atomic E-state index is -0.409. The Morgan fingerprint density at radius 3 is 3.00 bits per heavy atom. The summed E-state index contributed by atoms with van der Waals surface area (Å²) in [6, 6.07) is 1.72.